The van der Waals surface area contributed by atoms with Crippen LogP contribution >= 0.6 is 11.6 Å². The number of hydrogen-bond donors (Lipinski definition) is 4. The zero-order valence-electron chi connectivity index (χ0n) is 17.8. The molecule has 0 bridgehead atoms. The molecule has 0 saturated heterocycles. The number of alkyl halides is 5. The molecule has 2 aromatic carbocycles. The minimum atomic E-state index is -5.80. The lowest BCUT2D eigenvalue weighted by molar-refractivity contribution is -0.278. The molecule has 0 spiro atoms. The molecule has 2 heterocycles. The number of carbonyl (C=O) groups excluding carboxylic acids is 1. The zero-order chi connectivity index (χ0) is 25.1. The van der Waals surface area contributed by atoms with Gasteiger partial charge in [0.2, 0.25) is 0 Å². The number of halogens is 7. The molecule has 2 aliphatic heterocycles. The van der Waals surface area contributed by atoms with Crippen molar-refractivity contribution in [3.63, 3.8) is 0 Å². The van der Waals surface area contributed by atoms with Gasteiger partial charge in [-0.05, 0) is 38.1 Å². The van der Waals surface area contributed by atoms with Crippen LogP contribution in [0, 0.1) is 5.82 Å². The molecule has 1 amide bonds. The maximum absolute atomic E-state index is 13.3. The number of hydrogen-bond acceptors (Lipinski definition) is 5. The molecule has 2 aliphatic rings. The van der Waals surface area contributed by atoms with Crippen LogP contribution in [0.15, 0.2) is 24.3 Å². The first-order chi connectivity index (χ1) is 15.7. The van der Waals surface area contributed by atoms with Crippen molar-refractivity contribution in [2.24, 2.45) is 0 Å². The van der Waals surface area contributed by atoms with Crippen molar-refractivity contribution in [1.82, 2.24) is 5.32 Å². The van der Waals surface area contributed by atoms with Gasteiger partial charge >= 0.3 is 12.1 Å². The van der Waals surface area contributed by atoms with E-state index in [1.54, 1.807) is 19.2 Å². The first-order valence-corrected chi connectivity index (χ1v) is 10.4. The summed E-state index contributed by atoms with van der Waals surface area (Å²) in [6.45, 7) is 1.58. The van der Waals surface area contributed by atoms with E-state index < -0.39 is 42.3 Å². The molecule has 0 radical (unpaired) electrons. The van der Waals surface area contributed by atoms with Crippen molar-refractivity contribution in [1.29, 1.82) is 0 Å². The highest BCUT2D eigenvalue weighted by atomic mass is 35.5. The van der Waals surface area contributed by atoms with Crippen molar-refractivity contribution >= 4 is 34.6 Å². The van der Waals surface area contributed by atoms with Gasteiger partial charge < -0.3 is 26.0 Å². The lowest BCUT2D eigenvalue weighted by Crippen LogP contribution is -2.46. The number of fused-ring (bicyclic) bond motifs is 3. The van der Waals surface area contributed by atoms with Crippen LogP contribution in [0.1, 0.15) is 29.8 Å². The molecule has 0 aromatic heterocycles. The van der Waals surface area contributed by atoms with E-state index in [9.17, 15) is 31.1 Å². The minimum Gasteiger partial charge on any atom is -0.486 e. The fourth-order valence-corrected chi connectivity index (χ4v) is 3.97. The van der Waals surface area contributed by atoms with Crippen molar-refractivity contribution in [2.45, 2.75) is 44.3 Å². The maximum atomic E-state index is 13.3. The summed E-state index contributed by atoms with van der Waals surface area (Å²) in [5.41, 5.74) is 0.971. The Morgan fingerprint density at radius 2 is 1.91 bits per heavy atom. The van der Waals surface area contributed by atoms with E-state index in [1.165, 1.54) is 18.2 Å². The molecule has 2 aromatic rings. The van der Waals surface area contributed by atoms with Crippen molar-refractivity contribution < 1.29 is 35.9 Å². The van der Waals surface area contributed by atoms with Gasteiger partial charge in [0.25, 0.3) is 5.91 Å². The second-order valence-electron chi connectivity index (χ2n) is 8.57. The van der Waals surface area contributed by atoms with Gasteiger partial charge in [-0.3, -0.25) is 4.79 Å². The van der Waals surface area contributed by atoms with E-state index in [1.807, 2.05) is 0 Å². The Hall–Kier alpha value is -3.02. The van der Waals surface area contributed by atoms with E-state index in [0.717, 1.165) is 6.07 Å². The van der Waals surface area contributed by atoms with Gasteiger partial charge in [0.15, 0.2) is 6.29 Å². The smallest absolute Gasteiger partial charge is 0.455 e. The Bertz CT molecular complexity index is 1160. The highest BCUT2D eigenvalue weighted by Crippen LogP contribution is 2.48. The molecule has 34 heavy (non-hydrogen) atoms. The van der Waals surface area contributed by atoms with Gasteiger partial charge in [-0.25, -0.2) is 4.39 Å². The topological polar surface area (TPSA) is 74.4 Å². The molecule has 0 saturated carbocycles. The van der Waals surface area contributed by atoms with E-state index in [4.69, 9.17) is 16.3 Å². The van der Waals surface area contributed by atoms with Gasteiger partial charge in [-0.2, -0.15) is 22.0 Å². The number of nitrogens with one attached hydrogen (secondary N) is 4. The predicted octanol–water partition coefficient (Wildman–Crippen LogP) is 5.35. The molecule has 4 rings (SSSR count). The summed E-state index contributed by atoms with van der Waals surface area (Å²) in [7, 11) is 0. The summed E-state index contributed by atoms with van der Waals surface area (Å²) in [5, 5.41) is 11.0. The van der Waals surface area contributed by atoms with Crippen LogP contribution in [0.5, 0.6) is 5.75 Å². The third kappa shape index (κ3) is 4.50. The first-order valence-electron chi connectivity index (χ1n) is 10.0. The number of benzene rings is 2. The van der Waals surface area contributed by atoms with E-state index in [-0.39, 0.29) is 16.3 Å². The summed E-state index contributed by atoms with van der Waals surface area (Å²) in [5.74, 6) is -6.66. The molecule has 6 nitrogen and oxygen atoms in total. The molecule has 1 atom stereocenters. The first kappa shape index (κ1) is 24.1. The number of amides is 1. The van der Waals surface area contributed by atoms with E-state index in [0.29, 0.717) is 29.0 Å². The second kappa shape index (κ2) is 8.03. The van der Waals surface area contributed by atoms with Crippen LogP contribution in [0.4, 0.5) is 43.4 Å². The van der Waals surface area contributed by atoms with Crippen molar-refractivity contribution in [3.8, 4) is 5.75 Å². The normalized spacial score (nSPS) is 18.3. The predicted molar refractivity (Wildman–Crippen MR) is 114 cm³/mol. The number of carbonyl (C=O) groups is 1. The average Bonchev–Trinajstić information content (AvgIpc) is 3.25. The van der Waals surface area contributed by atoms with Crippen molar-refractivity contribution in [3.05, 3.63) is 46.2 Å². The van der Waals surface area contributed by atoms with Crippen LogP contribution in [-0.2, 0) is 6.42 Å². The fourth-order valence-electron chi connectivity index (χ4n) is 3.75. The Morgan fingerprint density at radius 3 is 2.56 bits per heavy atom. The molecule has 0 fully saturated rings. The summed E-state index contributed by atoms with van der Waals surface area (Å²) >= 11 is 6.05. The molecular formula is C21H19ClF6N4O2. The van der Waals surface area contributed by atoms with Crippen LogP contribution in [0.2, 0.25) is 5.02 Å². The number of anilines is 3. The molecule has 13 heteroatoms. The summed E-state index contributed by atoms with van der Waals surface area (Å²) in [4.78, 5) is 12.6. The van der Waals surface area contributed by atoms with E-state index in [2.05, 4.69) is 16.0 Å². The van der Waals surface area contributed by atoms with Gasteiger partial charge in [-0.15, -0.1) is 0 Å². The molecular weight excluding hydrogens is 490 g/mol. The largest absolute Gasteiger partial charge is 0.486 e. The van der Waals surface area contributed by atoms with Crippen LogP contribution in [-0.4, -0.2) is 36.4 Å². The van der Waals surface area contributed by atoms with Crippen LogP contribution < -0.4 is 26.0 Å². The average molecular weight is 509 g/mol. The fraction of sp³-hybridized carbons (Fsp3) is 0.381. The summed E-state index contributed by atoms with van der Waals surface area (Å²) in [6, 6.07) is 5.07. The molecule has 0 aliphatic carbocycles. The second-order valence-corrected chi connectivity index (χ2v) is 8.98. The van der Waals surface area contributed by atoms with Crippen LogP contribution in [0.25, 0.3) is 0 Å². The molecule has 4 N–H and O–H groups in total. The third-order valence-electron chi connectivity index (χ3n) is 5.31. The Balaban J connectivity index is 1.60. The Labute approximate surface area is 195 Å². The lowest BCUT2D eigenvalue weighted by atomic mass is 9.97. The van der Waals surface area contributed by atoms with Gasteiger partial charge in [0.1, 0.15) is 17.2 Å². The van der Waals surface area contributed by atoms with Crippen LogP contribution in [0.3, 0.4) is 0 Å². The Morgan fingerprint density at radius 1 is 1.21 bits per heavy atom. The van der Waals surface area contributed by atoms with Gasteiger partial charge in [-0.1, -0.05) is 11.6 Å². The van der Waals surface area contributed by atoms with Gasteiger partial charge in [0.05, 0.1) is 34.2 Å². The third-order valence-corrected chi connectivity index (χ3v) is 5.62. The number of rotatable bonds is 5. The van der Waals surface area contributed by atoms with E-state index >= 15 is 0 Å². The molecule has 184 valence electrons. The van der Waals surface area contributed by atoms with Crippen molar-refractivity contribution in [2.75, 3.05) is 22.5 Å². The van der Waals surface area contributed by atoms with Gasteiger partial charge in [0, 0.05) is 12.0 Å². The standard InChI is InChI=1S/C21H19ClF6N4O2/c1-19(2)7-11-15-14(31-18(32-15)30-13-4-3-9(23)5-12(13)22)6-10(16(11)34-19)17(33)29-8-20(24,25)21(26,27)28/h3-6,18,30-32H,7-8H2,1-2H3,(H,29,33). The quantitative estimate of drug-likeness (QED) is 0.410. The highest BCUT2D eigenvalue weighted by Gasteiger charge is 2.57. The monoisotopic (exact) mass is 508 g/mol. The maximum Gasteiger partial charge on any atom is 0.455 e. The zero-order valence-corrected chi connectivity index (χ0v) is 18.5. The highest BCUT2D eigenvalue weighted by molar-refractivity contribution is 6.33. The number of ether oxygens (including phenoxy) is 1. The lowest BCUT2D eigenvalue weighted by Gasteiger charge is -2.21. The minimum absolute atomic E-state index is 0.0892. The summed E-state index contributed by atoms with van der Waals surface area (Å²) in [6.07, 6.45) is -6.12. The summed E-state index contributed by atoms with van der Waals surface area (Å²) < 4.78 is 83.2. The SMILES string of the molecule is CC1(C)Cc2c3c(cc(C(=O)NCC(F)(F)C(F)(F)F)c2O1)NC(Nc1ccc(F)cc1Cl)N3. The Kier molecular flexibility index (Phi) is 5.70. The molecule has 1 unspecified atom stereocenters.